The molecule has 0 spiro atoms. The summed E-state index contributed by atoms with van der Waals surface area (Å²) >= 11 is 0. The van der Waals surface area contributed by atoms with Gasteiger partial charge in [0.1, 0.15) is 5.75 Å². The molecule has 0 aliphatic carbocycles. The zero-order chi connectivity index (χ0) is 19.0. The van der Waals surface area contributed by atoms with Gasteiger partial charge in [0.25, 0.3) is 5.91 Å². The fourth-order valence-electron chi connectivity index (χ4n) is 2.34. The predicted octanol–water partition coefficient (Wildman–Crippen LogP) is 2.51. The molecular weight excluding hydrogens is 351 g/mol. The maximum absolute atomic E-state index is 13.7. The van der Waals surface area contributed by atoms with Crippen molar-refractivity contribution in [2.45, 2.75) is 31.2 Å². The van der Waals surface area contributed by atoms with Crippen molar-refractivity contribution in [1.29, 1.82) is 0 Å². The quantitative estimate of drug-likeness (QED) is 0.804. The monoisotopic (exact) mass is 366 g/mol. The molecule has 1 amide bonds. The van der Waals surface area contributed by atoms with Crippen molar-refractivity contribution in [2.24, 2.45) is 0 Å². The first-order chi connectivity index (χ1) is 11.4. The minimum absolute atomic E-state index is 0.179. The number of ether oxygens (including phenoxy) is 1. The highest BCUT2D eigenvalue weighted by molar-refractivity contribution is 5.79. The third-order valence-electron chi connectivity index (χ3n) is 3.65. The number of alkyl halides is 5. The predicted molar refractivity (Wildman–Crippen MR) is 76.4 cm³/mol. The number of para-hydroxylation sites is 1. The molecule has 1 saturated heterocycles. The molecule has 0 radical (unpaired) electrons. The lowest BCUT2D eigenvalue weighted by Gasteiger charge is -2.38. The minimum Gasteiger partial charge on any atom is -0.483 e. The van der Waals surface area contributed by atoms with Gasteiger partial charge in [0.05, 0.1) is 0 Å². The third kappa shape index (κ3) is 3.26. The van der Waals surface area contributed by atoms with Crippen LogP contribution in [0.25, 0.3) is 0 Å². The number of nitrogens with one attached hydrogen (secondary N) is 1. The van der Waals surface area contributed by atoms with E-state index in [1.165, 1.54) is 6.07 Å². The molecule has 1 aromatic carbocycles. The first-order valence-corrected chi connectivity index (χ1v) is 7.03. The van der Waals surface area contributed by atoms with Crippen LogP contribution in [0.1, 0.15) is 12.0 Å². The summed E-state index contributed by atoms with van der Waals surface area (Å²) in [5.74, 6) is -6.64. The van der Waals surface area contributed by atoms with Crippen molar-refractivity contribution in [3.8, 4) is 5.75 Å². The van der Waals surface area contributed by atoms with E-state index >= 15 is 0 Å². The number of hydrogen-bond acceptors (Lipinski definition) is 4. The molecule has 1 heterocycles. The van der Waals surface area contributed by atoms with E-state index in [0.717, 1.165) is 0 Å². The highest BCUT2D eigenvalue weighted by Gasteiger charge is 2.74. The Labute approximate surface area is 139 Å². The average Bonchev–Trinajstić information content (AvgIpc) is 2.81. The lowest BCUT2D eigenvalue weighted by Crippen LogP contribution is -2.67. The van der Waals surface area contributed by atoms with E-state index in [0.29, 0.717) is 5.56 Å². The lowest BCUT2D eigenvalue weighted by molar-refractivity contribution is -0.365. The Bertz CT molecular complexity index is 692. The number of aliphatic hydroxyl groups is 1. The van der Waals surface area contributed by atoms with E-state index in [4.69, 9.17) is 4.74 Å². The molecule has 1 aliphatic heterocycles. The fourth-order valence-corrected chi connectivity index (χ4v) is 2.34. The number of benzene rings is 1. The van der Waals surface area contributed by atoms with Gasteiger partial charge < -0.3 is 9.84 Å². The van der Waals surface area contributed by atoms with E-state index < -0.39 is 36.8 Å². The van der Waals surface area contributed by atoms with Gasteiger partial charge in [-0.15, -0.1) is 0 Å². The second kappa shape index (κ2) is 6.17. The van der Waals surface area contributed by atoms with E-state index in [-0.39, 0.29) is 16.5 Å². The molecule has 5 nitrogen and oxygen atoms in total. The van der Waals surface area contributed by atoms with Crippen molar-refractivity contribution in [3.63, 3.8) is 0 Å². The van der Waals surface area contributed by atoms with Crippen molar-refractivity contribution in [1.82, 2.24) is 10.4 Å². The van der Waals surface area contributed by atoms with Gasteiger partial charge in [-0.25, -0.2) is 5.01 Å². The SMILES string of the molecule is C=C1C[C@@](O)(C(F)(F)C(F)(F)F)N(C(=O)COc2ccccc2C)N1. The second-order valence-electron chi connectivity index (χ2n) is 5.56. The number of hydrazine groups is 1. The molecule has 0 bridgehead atoms. The molecule has 1 aromatic rings. The molecule has 10 heteroatoms. The van der Waals surface area contributed by atoms with Gasteiger partial charge in [0, 0.05) is 12.1 Å². The molecule has 1 fully saturated rings. The van der Waals surface area contributed by atoms with Gasteiger partial charge in [0.15, 0.2) is 6.61 Å². The zero-order valence-electron chi connectivity index (χ0n) is 13.0. The Balaban J connectivity index is 2.22. The summed E-state index contributed by atoms with van der Waals surface area (Å²) in [6.07, 6.45) is -7.25. The first-order valence-electron chi connectivity index (χ1n) is 7.03. The number of halogens is 5. The van der Waals surface area contributed by atoms with Crippen LogP contribution in [-0.2, 0) is 4.79 Å². The van der Waals surface area contributed by atoms with Crippen LogP contribution in [0.3, 0.4) is 0 Å². The summed E-state index contributed by atoms with van der Waals surface area (Å²) in [5.41, 5.74) is -1.62. The fraction of sp³-hybridized carbons (Fsp3) is 0.400. The summed E-state index contributed by atoms with van der Waals surface area (Å²) in [4.78, 5) is 12.1. The minimum atomic E-state index is -6.07. The molecule has 1 atom stereocenters. The summed E-state index contributed by atoms with van der Waals surface area (Å²) in [6, 6.07) is 6.44. The summed E-state index contributed by atoms with van der Waals surface area (Å²) in [7, 11) is 0. The Morgan fingerprint density at radius 3 is 2.52 bits per heavy atom. The highest BCUT2D eigenvalue weighted by atomic mass is 19.4. The lowest BCUT2D eigenvalue weighted by atomic mass is 10.0. The molecule has 1 aliphatic rings. The average molecular weight is 366 g/mol. The smallest absolute Gasteiger partial charge is 0.458 e. The molecule has 2 N–H and O–H groups in total. The van der Waals surface area contributed by atoms with E-state index in [1.54, 1.807) is 25.1 Å². The van der Waals surface area contributed by atoms with Gasteiger partial charge in [-0.05, 0) is 18.6 Å². The largest absolute Gasteiger partial charge is 0.483 e. The van der Waals surface area contributed by atoms with Gasteiger partial charge >= 0.3 is 12.1 Å². The van der Waals surface area contributed by atoms with E-state index in [1.807, 2.05) is 5.43 Å². The maximum Gasteiger partial charge on any atom is 0.458 e. The van der Waals surface area contributed by atoms with Crippen LogP contribution >= 0.6 is 0 Å². The van der Waals surface area contributed by atoms with Crippen LogP contribution in [0.2, 0.25) is 0 Å². The standard InChI is InChI=1S/C15H15F5N2O3/c1-9-5-3-4-6-11(9)25-8-12(23)22-13(24,7-10(2)21-22)14(16,17)15(18,19)20/h3-6,21,24H,2,7-8H2,1H3/t13-/m1/s1. The maximum atomic E-state index is 13.7. The summed E-state index contributed by atoms with van der Waals surface area (Å²) in [5, 5.41) is 9.78. The van der Waals surface area contributed by atoms with Crippen molar-refractivity contribution in [3.05, 3.63) is 42.1 Å². The number of aryl methyl sites for hydroxylation is 1. The van der Waals surface area contributed by atoms with Gasteiger partial charge in [-0.2, -0.15) is 22.0 Å². The zero-order valence-corrected chi connectivity index (χ0v) is 13.0. The van der Waals surface area contributed by atoms with Crippen molar-refractivity contribution >= 4 is 5.91 Å². The highest BCUT2D eigenvalue weighted by Crippen LogP contribution is 2.48. The van der Waals surface area contributed by atoms with Crippen LogP contribution in [0.5, 0.6) is 5.75 Å². The van der Waals surface area contributed by atoms with Crippen LogP contribution in [0, 0.1) is 6.92 Å². The van der Waals surface area contributed by atoms with Crippen molar-refractivity contribution in [2.75, 3.05) is 6.61 Å². The molecule has 2 rings (SSSR count). The number of amides is 1. The third-order valence-corrected chi connectivity index (χ3v) is 3.65. The normalized spacial score (nSPS) is 21.2. The Morgan fingerprint density at radius 1 is 1.36 bits per heavy atom. The molecule has 0 saturated carbocycles. The van der Waals surface area contributed by atoms with Gasteiger partial charge in [-0.3, -0.25) is 10.2 Å². The second-order valence-corrected chi connectivity index (χ2v) is 5.56. The number of rotatable bonds is 4. The van der Waals surface area contributed by atoms with E-state index in [2.05, 4.69) is 6.58 Å². The van der Waals surface area contributed by atoms with Crippen molar-refractivity contribution < 1.29 is 36.6 Å². The summed E-state index contributed by atoms with van der Waals surface area (Å²) in [6.45, 7) is 4.00. The number of carbonyl (C=O) groups is 1. The molecule has 0 unspecified atom stereocenters. The van der Waals surface area contributed by atoms with Crippen LogP contribution in [-0.4, -0.2) is 40.5 Å². The molecule has 0 aromatic heterocycles. The topological polar surface area (TPSA) is 61.8 Å². The van der Waals surface area contributed by atoms with E-state index in [9.17, 15) is 31.9 Å². The molecule has 138 valence electrons. The molecule has 25 heavy (non-hydrogen) atoms. The first kappa shape index (κ1) is 19.0. The Kier molecular flexibility index (Phi) is 4.69. The number of carbonyl (C=O) groups excluding carboxylic acids is 1. The van der Waals surface area contributed by atoms with Crippen LogP contribution in [0.15, 0.2) is 36.5 Å². The van der Waals surface area contributed by atoms with Crippen LogP contribution in [0.4, 0.5) is 22.0 Å². The van der Waals surface area contributed by atoms with Crippen LogP contribution < -0.4 is 10.2 Å². The van der Waals surface area contributed by atoms with Gasteiger partial charge in [0.2, 0.25) is 5.72 Å². The number of hydrogen-bond donors (Lipinski definition) is 2. The molecular formula is C15H15F5N2O3. The Hall–Kier alpha value is -2.36. The number of nitrogens with zero attached hydrogens (tertiary/aromatic N) is 1. The summed E-state index contributed by atoms with van der Waals surface area (Å²) < 4.78 is 70.6. The van der Waals surface area contributed by atoms with Gasteiger partial charge in [-0.1, -0.05) is 24.8 Å². The Morgan fingerprint density at radius 2 is 1.96 bits per heavy atom.